The van der Waals surface area contributed by atoms with Crippen molar-refractivity contribution < 1.29 is 17.7 Å². The standard InChI is InChI=1S/C6H13BF3O/c1-6(2)3-4-11-5-7(8,9)10/h6H,3-5H2,1-2H3/q-1. The molecule has 0 atom stereocenters. The van der Waals surface area contributed by atoms with Gasteiger partial charge in [0.25, 0.3) is 0 Å². The van der Waals surface area contributed by atoms with Gasteiger partial charge in [0, 0.05) is 13.1 Å². The van der Waals surface area contributed by atoms with Crippen LogP contribution in [0.5, 0.6) is 0 Å². The van der Waals surface area contributed by atoms with Crippen molar-refractivity contribution in [2.24, 2.45) is 5.92 Å². The summed E-state index contributed by atoms with van der Waals surface area (Å²) >= 11 is 0. The van der Waals surface area contributed by atoms with Crippen molar-refractivity contribution in [1.29, 1.82) is 0 Å². The first kappa shape index (κ1) is 10.8. The van der Waals surface area contributed by atoms with Gasteiger partial charge >= 0.3 is 6.98 Å². The van der Waals surface area contributed by atoms with Crippen LogP contribution in [-0.2, 0) is 4.74 Å². The summed E-state index contributed by atoms with van der Waals surface area (Å²) in [6.07, 6.45) is 0.687. The van der Waals surface area contributed by atoms with E-state index in [1.54, 1.807) is 0 Å². The highest BCUT2D eigenvalue weighted by molar-refractivity contribution is 6.58. The van der Waals surface area contributed by atoms with Crippen LogP contribution in [0.1, 0.15) is 20.3 Å². The highest BCUT2D eigenvalue weighted by atomic mass is 19.4. The zero-order chi connectivity index (χ0) is 8.91. The lowest BCUT2D eigenvalue weighted by Gasteiger charge is -2.14. The van der Waals surface area contributed by atoms with Crippen molar-refractivity contribution in [1.82, 2.24) is 0 Å². The molecule has 0 aliphatic rings. The van der Waals surface area contributed by atoms with E-state index < -0.39 is 13.5 Å². The number of ether oxygens (including phenoxy) is 1. The molecule has 0 aromatic carbocycles. The minimum atomic E-state index is -4.75. The fourth-order valence-electron chi connectivity index (χ4n) is 0.536. The molecule has 0 N–H and O–H groups in total. The Balaban J connectivity index is 3.15. The second-order valence-corrected chi connectivity index (χ2v) is 2.97. The van der Waals surface area contributed by atoms with Gasteiger partial charge in [-0.2, -0.15) is 0 Å². The number of rotatable bonds is 5. The third-order valence-electron chi connectivity index (χ3n) is 1.15. The Labute approximate surface area is 65.0 Å². The third kappa shape index (κ3) is 9.81. The van der Waals surface area contributed by atoms with Gasteiger partial charge in [-0.1, -0.05) is 13.8 Å². The first-order valence-corrected chi connectivity index (χ1v) is 3.70. The summed E-state index contributed by atoms with van der Waals surface area (Å²) in [5, 5.41) is 0. The molecule has 0 rings (SSSR count). The van der Waals surface area contributed by atoms with E-state index >= 15 is 0 Å². The number of halogens is 3. The van der Waals surface area contributed by atoms with E-state index in [0.29, 0.717) is 12.3 Å². The monoisotopic (exact) mass is 169 g/mol. The smallest absolute Gasteiger partial charge is 0.447 e. The van der Waals surface area contributed by atoms with Gasteiger partial charge in [0.1, 0.15) is 0 Å². The van der Waals surface area contributed by atoms with E-state index in [0.717, 1.165) is 0 Å². The molecule has 11 heavy (non-hydrogen) atoms. The first-order chi connectivity index (χ1) is 4.92. The molecule has 0 aliphatic heterocycles. The predicted octanol–water partition coefficient (Wildman–Crippen LogP) is 2.44. The molecule has 1 nitrogen and oxygen atoms in total. The molecule has 68 valence electrons. The van der Waals surface area contributed by atoms with Gasteiger partial charge in [-0.15, -0.1) is 0 Å². The molecule has 0 spiro atoms. The summed E-state index contributed by atoms with van der Waals surface area (Å²) in [4.78, 5) is 0. The maximum atomic E-state index is 11.5. The Morgan fingerprint density at radius 3 is 2.18 bits per heavy atom. The second-order valence-electron chi connectivity index (χ2n) is 2.97. The molecule has 5 heteroatoms. The van der Waals surface area contributed by atoms with Crippen molar-refractivity contribution in [3.63, 3.8) is 0 Å². The third-order valence-corrected chi connectivity index (χ3v) is 1.15. The highest BCUT2D eigenvalue weighted by Crippen LogP contribution is 2.08. The molecule has 0 saturated heterocycles. The fraction of sp³-hybridized carbons (Fsp3) is 1.00. The van der Waals surface area contributed by atoms with Crippen LogP contribution >= 0.6 is 0 Å². The molecule has 0 fully saturated rings. The van der Waals surface area contributed by atoms with E-state index in [1.807, 2.05) is 13.8 Å². The van der Waals surface area contributed by atoms with Crippen LogP contribution in [0.3, 0.4) is 0 Å². The summed E-state index contributed by atoms with van der Waals surface area (Å²) in [7, 11) is 0. The predicted molar refractivity (Wildman–Crippen MR) is 39.4 cm³/mol. The SMILES string of the molecule is CC(C)CCOC[B-](F)(F)F. The zero-order valence-corrected chi connectivity index (χ0v) is 6.82. The minimum Gasteiger partial charge on any atom is -0.447 e. The summed E-state index contributed by atoms with van der Waals surface area (Å²) in [6, 6.07) is 0. The van der Waals surface area contributed by atoms with Crippen LogP contribution in [-0.4, -0.2) is 20.1 Å². The largest absolute Gasteiger partial charge is 0.503 e. The zero-order valence-electron chi connectivity index (χ0n) is 6.82. The Morgan fingerprint density at radius 1 is 1.27 bits per heavy atom. The molecule has 0 aromatic rings. The topological polar surface area (TPSA) is 9.23 Å². The summed E-state index contributed by atoms with van der Waals surface area (Å²) in [6.45, 7) is -1.72. The molecule has 0 unspecified atom stereocenters. The maximum Gasteiger partial charge on any atom is 0.503 e. The lowest BCUT2D eigenvalue weighted by Crippen LogP contribution is -2.24. The van der Waals surface area contributed by atoms with Crippen molar-refractivity contribution in [3.8, 4) is 0 Å². The average molecular weight is 169 g/mol. The van der Waals surface area contributed by atoms with Crippen molar-refractivity contribution in [2.75, 3.05) is 13.1 Å². The van der Waals surface area contributed by atoms with E-state index in [-0.39, 0.29) is 6.61 Å². The second kappa shape index (κ2) is 4.64. The van der Waals surface area contributed by atoms with E-state index in [2.05, 4.69) is 4.74 Å². The Kier molecular flexibility index (Phi) is 4.57. The Bertz CT molecular complexity index is 102. The van der Waals surface area contributed by atoms with Gasteiger partial charge in [0.15, 0.2) is 0 Å². The van der Waals surface area contributed by atoms with Crippen LogP contribution in [0.2, 0.25) is 0 Å². The molecule has 0 saturated carbocycles. The van der Waals surface area contributed by atoms with Crippen LogP contribution in [0.25, 0.3) is 0 Å². The normalized spacial score (nSPS) is 12.5. The Hall–Kier alpha value is -0.185. The van der Waals surface area contributed by atoms with Crippen molar-refractivity contribution in [2.45, 2.75) is 20.3 Å². The molecule has 0 bridgehead atoms. The first-order valence-electron chi connectivity index (χ1n) is 3.70. The average Bonchev–Trinajstić information content (AvgIpc) is 1.78. The van der Waals surface area contributed by atoms with Crippen molar-refractivity contribution >= 4 is 6.98 Å². The van der Waals surface area contributed by atoms with Gasteiger partial charge in [0.2, 0.25) is 0 Å². The number of hydrogen-bond donors (Lipinski definition) is 0. The molecular weight excluding hydrogens is 156 g/mol. The van der Waals surface area contributed by atoms with Gasteiger partial charge in [-0.3, -0.25) is 0 Å². The highest BCUT2D eigenvalue weighted by Gasteiger charge is 2.22. The van der Waals surface area contributed by atoms with E-state index in [4.69, 9.17) is 0 Å². The van der Waals surface area contributed by atoms with Crippen molar-refractivity contribution in [3.05, 3.63) is 0 Å². The van der Waals surface area contributed by atoms with Gasteiger partial charge in [-0.05, 0) is 12.3 Å². The molecule has 0 aliphatic carbocycles. The number of hydrogen-bond acceptors (Lipinski definition) is 1. The summed E-state index contributed by atoms with van der Waals surface area (Å²) < 4.78 is 39.0. The van der Waals surface area contributed by atoms with Gasteiger partial charge in [0.05, 0.1) is 0 Å². The minimum absolute atomic E-state index is 0.207. The van der Waals surface area contributed by atoms with Gasteiger partial charge < -0.3 is 17.7 Å². The fourth-order valence-corrected chi connectivity index (χ4v) is 0.536. The Morgan fingerprint density at radius 2 is 1.82 bits per heavy atom. The summed E-state index contributed by atoms with van der Waals surface area (Å²) in [5.41, 5.74) is 0. The lowest BCUT2D eigenvalue weighted by atomic mass is 9.95. The molecule has 0 heterocycles. The molecule has 0 aromatic heterocycles. The lowest BCUT2D eigenvalue weighted by molar-refractivity contribution is 0.139. The van der Waals surface area contributed by atoms with Crippen LogP contribution in [0.15, 0.2) is 0 Å². The quantitative estimate of drug-likeness (QED) is 0.453. The van der Waals surface area contributed by atoms with Crippen LogP contribution < -0.4 is 0 Å². The van der Waals surface area contributed by atoms with E-state index in [1.165, 1.54) is 0 Å². The molecule has 0 radical (unpaired) electrons. The summed E-state index contributed by atoms with van der Waals surface area (Å²) in [5.74, 6) is 0.399. The molecular formula is C6H13BF3O-. The van der Waals surface area contributed by atoms with E-state index in [9.17, 15) is 12.9 Å². The van der Waals surface area contributed by atoms with Crippen LogP contribution in [0.4, 0.5) is 12.9 Å². The maximum absolute atomic E-state index is 11.5. The molecule has 0 amide bonds. The van der Waals surface area contributed by atoms with Gasteiger partial charge in [-0.25, -0.2) is 0 Å². The van der Waals surface area contributed by atoms with Crippen LogP contribution in [0, 0.1) is 5.92 Å².